The van der Waals surface area contributed by atoms with E-state index in [2.05, 4.69) is 19.6 Å². The van der Waals surface area contributed by atoms with Crippen LogP contribution in [0, 0.1) is 5.92 Å². The molecule has 0 radical (unpaired) electrons. The van der Waals surface area contributed by atoms with E-state index in [1.54, 1.807) is 0 Å². The molecule has 0 spiro atoms. The zero-order valence-corrected chi connectivity index (χ0v) is 6.77. The third-order valence-electron chi connectivity index (χ3n) is 2.22. The van der Waals surface area contributed by atoms with Crippen LogP contribution in [0.2, 0.25) is 0 Å². The highest BCUT2D eigenvalue weighted by atomic mass is 14.2. The van der Waals surface area contributed by atoms with Crippen LogP contribution in [-0.4, -0.2) is 0 Å². The normalized spacial score (nSPS) is 21.5. The van der Waals surface area contributed by atoms with Gasteiger partial charge in [0.1, 0.15) is 0 Å². The third-order valence-corrected chi connectivity index (χ3v) is 2.22. The monoisotopic (exact) mass is 136 g/mol. The van der Waals surface area contributed by atoms with E-state index in [1.165, 1.54) is 31.3 Å². The Morgan fingerprint density at radius 1 is 1.40 bits per heavy atom. The Morgan fingerprint density at radius 3 is 2.50 bits per heavy atom. The van der Waals surface area contributed by atoms with E-state index in [0.717, 1.165) is 5.92 Å². The number of allylic oxidation sites excluding steroid dienone is 3. The molecular weight excluding hydrogens is 120 g/mol. The first-order valence-electron chi connectivity index (χ1n) is 4.14. The van der Waals surface area contributed by atoms with Gasteiger partial charge in [-0.1, -0.05) is 37.1 Å². The maximum Gasteiger partial charge on any atom is -0.0228 e. The van der Waals surface area contributed by atoms with E-state index in [1.807, 2.05) is 6.08 Å². The molecule has 0 heterocycles. The first-order chi connectivity index (χ1) is 4.83. The second-order valence-electron chi connectivity index (χ2n) is 3.16. The van der Waals surface area contributed by atoms with E-state index in [0.29, 0.717) is 0 Å². The molecule has 0 unspecified atom stereocenters. The lowest BCUT2D eigenvalue weighted by Gasteiger charge is -2.00. The summed E-state index contributed by atoms with van der Waals surface area (Å²) >= 11 is 0. The van der Waals surface area contributed by atoms with Crippen molar-refractivity contribution in [1.29, 1.82) is 0 Å². The predicted octanol–water partition coefficient (Wildman–Crippen LogP) is 3.31. The second kappa shape index (κ2) is 3.60. The topological polar surface area (TPSA) is 0 Å². The maximum absolute atomic E-state index is 3.73. The average molecular weight is 136 g/mol. The SMILES string of the molecule is C=CC(C)=CC1CCCC1. The smallest absolute Gasteiger partial charge is 0.0228 e. The van der Waals surface area contributed by atoms with Gasteiger partial charge in [0.2, 0.25) is 0 Å². The number of hydrogen-bond acceptors (Lipinski definition) is 0. The summed E-state index contributed by atoms with van der Waals surface area (Å²) in [5.74, 6) is 0.859. The van der Waals surface area contributed by atoms with Crippen molar-refractivity contribution in [2.45, 2.75) is 32.6 Å². The van der Waals surface area contributed by atoms with E-state index >= 15 is 0 Å². The van der Waals surface area contributed by atoms with Crippen LogP contribution >= 0.6 is 0 Å². The minimum absolute atomic E-state index is 0.859. The van der Waals surface area contributed by atoms with Gasteiger partial charge in [-0.2, -0.15) is 0 Å². The fraction of sp³-hybridized carbons (Fsp3) is 0.600. The fourth-order valence-corrected chi connectivity index (χ4v) is 1.56. The van der Waals surface area contributed by atoms with Crippen molar-refractivity contribution >= 4 is 0 Å². The molecule has 0 atom stereocenters. The first-order valence-corrected chi connectivity index (χ1v) is 4.14. The van der Waals surface area contributed by atoms with Crippen molar-refractivity contribution in [2.75, 3.05) is 0 Å². The maximum atomic E-state index is 3.73. The standard InChI is InChI=1S/C10H16/c1-3-9(2)8-10-6-4-5-7-10/h3,8,10H,1,4-7H2,2H3. The Labute approximate surface area is 63.6 Å². The molecule has 1 aliphatic rings. The molecule has 0 saturated heterocycles. The van der Waals surface area contributed by atoms with Gasteiger partial charge >= 0.3 is 0 Å². The Bertz CT molecular complexity index is 136. The molecule has 56 valence electrons. The van der Waals surface area contributed by atoms with Crippen molar-refractivity contribution in [1.82, 2.24) is 0 Å². The lowest BCUT2D eigenvalue weighted by molar-refractivity contribution is 0.682. The molecule has 10 heavy (non-hydrogen) atoms. The van der Waals surface area contributed by atoms with Crippen LogP contribution in [0.25, 0.3) is 0 Å². The van der Waals surface area contributed by atoms with Gasteiger partial charge in [0.15, 0.2) is 0 Å². The van der Waals surface area contributed by atoms with Crippen molar-refractivity contribution in [3.05, 3.63) is 24.3 Å². The van der Waals surface area contributed by atoms with Gasteiger partial charge in [-0.25, -0.2) is 0 Å². The molecule has 0 aromatic heterocycles. The van der Waals surface area contributed by atoms with Crippen LogP contribution in [0.4, 0.5) is 0 Å². The van der Waals surface area contributed by atoms with Gasteiger partial charge in [0.25, 0.3) is 0 Å². The molecule has 0 N–H and O–H groups in total. The quantitative estimate of drug-likeness (QED) is 0.511. The minimum atomic E-state index is 0.859. The molecule has 0 heteroatoms. The second-order valence-corrected chi connectivity index (χ2v) is 3.16. The summed E-state index contributed by atoms with van der Waals surface area (Å²) in [6, 6.07) is 0. The summed E-state index contributed by atoms with van der Waals surface area (Å²) in [5, 5.41) is 0. The molecule has 1 fully saturated rings. The number of hydrogen-bond donors (Lipinski definition) is 0. The molecule has 1 rings (SSSR count). The zero-order valence-electron chi connectivity index (χ0n) is 6.77. The lowest BCUT2D eigenvalue weighted by atomic mass is 10.1. The van der Waals surface area contributed by atoms with Crippen LogP contribution in [0.15, 0.2) is 24.3 Å². The van der Waals surface area contributed by atoms with Crippen molar-refractivity contribution in [2.24, 2.45) is 5.92 Å². The third kappa shape index (κ3) is 2.02. The van der Waals surface area contributed by atoms with E-state index < -0.39 is 0 Å². The first kappa shape index (κ1) is 7.59. The fourth-order valence-electron chi connectivity index (χ4n) is 1.56. The van der Waals surface area contributed by atoms with Gasteiger partial charge in [0, 0.05) is 0 Å². The Balaban J connectivity index is 2.42. The van der Waals surface area contributed by atoms with Gasteiger partial charge in [0.05, 0.1) is 0 Å². The average Bonchev–Trinajstić information content (AvgIpc) is 2.40. The van der Waals surface area contributed by atoms with Crippen LogP contribution < -0.4 is 0 Å². The Morgan fingerprint density at radius 2 is 2.00 bits per heavy atom. The number of rotatable bonds is 2. The summed E-state index contributed by atoms with van der Waals surface area (Å²) in [5.41, 5.74) is 1.34. The van der Waals surface area contributed by atoms with Gasteiger partial charge < -0.3 is 0 Å². The molecular formula is C10H16. The van der Waals surface area contributed by atoms with Crippen molar-refractivity contribution < 1.29 is 0 Å². The molecule has 0 bridgehead atoms. The van der Waals surface area contributed by atoms with Crippen molar-refractivity contribution in [3.8, 4) is 0 Å². The largest absolute Gasteiger partial charge is 0.0988 e. The van der Waals surface area contributed by atoms with E-state index in [9.17, 15) is 0 Å². The molecule has 0 aromatic carbocycles. The summed E-state index contributed by atoms with van der Waals surface area (Å²) in [6.07, 6.45) is 9.94. The van der Waals surface area contributed by atoms with E-state index in [-0.39, 0.29) is 0 Å². The van der Waals surface area contributed by atoms with E-state index in [4.69, 9.17) is 0 Å². The Hall–Kier alpha value is -0.520. The van der Waals surface area contributed by atoms with Crippen LogP contribution in [0.1, 0.15) is 32.6 Å². The summed E-state index contributed by atoms with van der Waals surface area (Å²) in [4.78, 5) is 0. The van der Waals surface area contributed by atoms with Crippen LogP contribution in [0.5, 0.6) is 0 Å². The molecule has 0 amide bonds. The summed E-state index contributed by atoms with van der Waals surface area (Å²) in [7, 11) is 0. The van der Waals surface area contributed by atoms with Gasteiger partial charge in [-0.15, -0.1) is 0 Å². The lowest BCUT2D eigenvalue weighted by Crippen LogP contribution is -1.86. The Kier molecular flexibility index (Phi) is 2.73. The molecule has 0 aliphatic heterocycles. The highest BCUT2D eigenvalue weighted by Gasteiger charge is 2.11. The highest BCUT2D eigenvalue weighted by Crippen LogP contribution is 2.26. The van der Waals surface area contributed by atoms with Gasteiger partial charge in [-0.05, 0) is 25.7 Å². The summed E-state index contributed by atoms with van der Waals surface area (Å²) < 4.78 is 0. The van der Waals surface area contributed by atoms with Crippen LogP contribution in [0.3, 0.4) is 0 Å². The predicted molar refractivity (Wildman–Crippen MR) is 45.9 cm³/mol. The minimum Gasteiger partial charge on any atom is -0.0988 e. The van der Waals surface area contributed by atoms with Crippen molar-refractivity contribution in [3.63, 3.8) is 0 Å². The van der Waals surface area contributed by atoms with Crippen LogP contribution in [-0.2, 0) is 0 Å². The molecule has 1 saturated carbocycles. The highest BCUT2D eigenvalue weighted by molar-refractivity contribution is 5.14. The summed E-state index contributed by atoms with van der Waals surface area (Å²) in [6.45, 7) is 5.86. The molecule has 0 nitrogen and oxygen atoms in total. The zero-order chi connectivity index (χ0) is 7.40. The molecule has 0 aromatic rings. The molecule has 1 aliphatic carbocycles. The van der Waals surface area contributed by atoms with Gasteiger partial charge in [-0.3, -0.25) is 0 Å².